The van der Waals surface area contributed by atoms with E-state index >= 15 is 0 Å². The third kappa shape index (κ3) is 18.9. The monoisotopic (exact) mass is 714 g/mol. The minimum Gasteiger partial charge on any atom is -0.449 e. The maximum atomic E-state index is 11.9. The first-order chi connectivity index (χ1) is 24.6. The zero-order valence-corrected chi connectivity index (χ0v) is 29.1. The van der Waals surface area contributed by atoms with E-state index in [-0.39, 0.29) is 32.5 Å². The van der Waals surface area contributed by atoms with Gasteiger partial charge in [0.05, 0.1) is 119 Å². The van der Waals surface area contributed by atoms with Gasteiger partial charge >= 0.3 is 12.1 Å². The smallest absolute Gasteiger partial charge is 0.407 e. The lowest BCUT2D eigenvalue weighted by molar-refractivity contribution is -0.198. The maximum Gasteiger partial charge on any atom is 0.407 e. The normalized spacial score (nSPS) is 19.7. The van der Waals surface area contributed by atoms with Crippen LogP contribution in [0.4, 0.5) is 4.79 Å². The molecule has 0 aromatic carbocycles. The van der Waals surface area contributed by atoms with Crippen LogP contribution in [-0.4, -0.2) is 148 Å². The van der Waals surface area contributed by atoms with Gasteiger partial charge in [0.25, 0.3) is 11.8 Å². The molecule has 0 aromatic heterocycles. The van der Waals surface area contributed by atoms with Crippen molar-refractivity contribution >= 4 is 23.9 Å². The molecule has 3 atom stereocenters. The van der Waals surface area contributed by atoms with Crippen LogP contribution >= 0.6 is 0 Å². The van der Waals surface area contributed by atoms with Crippen molar-refractivity contribution in [2.75, 3.05) is 119 Å². The molecule has 1 saturated carbocycles. The molecule has 1 aliphatic heterocycles. The Kier molecular flexibility index (Phi) is 22.3. The van der Waals surface area contributed by atoms with Crippen LogP contribution < -0.4 is 5.32 Å². The number of alkyl carbamates (subject to hydrolysis) is 1. The number of imide groups is 1. The van der Waals surface area contributed by atoms with Gasteiger partial charge in [-0.15, -0.1) is 16.9 Å². The van der Waals surface area contributed by atoms with E-state index in [0.29, 0.717) is 128 Å². The molecule has 1 saturated heterocycles. The summed E-state index contributed by atoms with van der Waals surface area (Å²) in [6.45, 7) is 7.27. The van der Waals surface area contributed by atoms with Crippen molar-refractivity contribution in [2.24, 2.45) is 17.8 Å². The number of carbonyl (C=O) groups excluding carboxylic acids is 4. The van der Waals surface area contributed by atoms with Crippen LogP contribution in [0.3, 0.4) is 0 Å². The highest BCUT2D eigenvalue weighted by Gasteiger charge is 2.49. The number of ether oxygens (including phenoxy) is 9. The van der Waals surface area contributed by atoms with E-state index in [1.165, 1.54) is 0 Å². The molecule has 284 valence electrons. The molecule has 16 nitrogen and oxygen atoms in total. The molecular formula is C34H54N2O14. The van der Waals surface area contributed by atoms with Crippen LogP contribution in [0.25, 0.3) is 0 Å². The molecular weight excluding hydrogens is 660 g/mol. The molecule has 3 amide bonds. The number of nitrogens with zero attached hydrogens (tertiary/aromatic N) is 1. The van der Waals surface area contributed by atoms with Gasteiger partial charge in [-0.1, -0.05) is 0 Å². The van der Waals surface area contributed by atoms with E-state index in [0.717, 1.165) is 25.7 Å². The zero-order chi connectivity index (χ0) is 35.5. The Hall–Kier alpha value is -2.88. The second-order valence-corrected chi connectivity index (χ2v) is 11.6. The first-order valence-corrected chi connectivity index (χ1v) is 17.6. The van der Waals surface area contributed by atoms with Crippen LogP contribution in [0.1, 0.15) is 44.9 Å². The molecule has 2 aliphatic carbocycles. The SMILES string of the molecule is O=C(CCOCCOCCOCCOCCOCCOCCOCCOCCNC(=O)OCC1[C@H]2CCC#CCC[C@@H]12)ON1C(=O)CCC1=O. The lowest BCUT2D eigenvalue weighted by Gasteiger charge is -2.12. The van der Waals surface area contributed by atoms with Crippen molar-refractivity contribution in [3.63, 3.8) is 0 Å². The number of hydrogen-bond donors (Lipinski definition) is 1. The summed E-state index contributed by atoms with van der Waals surface area (Å²) in [7, 11) is 0. The fraction of sp³-hybridized carbons (Fsp3) is 0.824. The van der Waals surface area contributed by atoms with E-state index in [9.17, 15) is 19.2 Å². The number of hydrogen-bond acceptors (Lipinski definition) is 14. The summed E-state index contributed by atoms with van der Waals surface area (Å²) >= 11 is 0. The molecule has 0 aromatic rings. The highest BCUT2D eigenvalue weighted by Crippen LogP contribution is 2.52. The van der Waals surface area contributed by atoms with Gasteiger partial charge in [-0.05, 0) is 30.6 Å². The molecule has 0 bridgehead atoms. The van der Waals surface area contributed by atoms with Crippen molar-refractivity contribution in [3.05, 3.63) is 0 Å². The van der Waals surface area contributed by atoms with E-state index < -0.39 is 23.9 Å². The van der Waals surface area contributed by atoms with Crippen LogP contribution in [-0.2, 0) is 61.9 Å². The summed E-state index contributed by atoms with van der Waals surface area (Å²) in [5.41, 5.74) is 0. The second-order valence-electron chi connectivity index (χ2n) is 11.6. The number of amides is 3. The Morgan fingerprint density at radius 1 is 0.600 bits per heavy atom. The average molecular weight is 715 g/mol. The standard InChI is InChI=1S/C34H54N2O14/c37-31-7-8-32(38)36(31)50-33(39)9-11-41-13-15-43-17-19-45-21-23-47-25-26-48-24-22-46-20-18-44-16-14-42-12-10-35-34(40)49-27-30-28-5-3-1-2-4-6-29(28)30/h28-30H,3-27H2,(H,35,40)/t28-,29+,30?. The summed E-state index contributed by atoms with van der Waals surface area (Å²) < 4.78 is 48.8. The molecule has 50 heavy (non-hydrogen) atoms. The Balaban J connectivity index is 0.925. The van der Waals surface area contributed by atoms with E-state index in [1.54, 1.807) is 0 Å². The summed E-state index contributed by atoms with van der Waals surface area (Å²) in [5.74, 6) is 6.47. The number of rotatable bonds is 30. The van der Waals surface area contributed by atoms with E-state index in [2.05, 4.69) is 17.2 Å². The minimum absolute atomic E-state index is 0.0574. The van der Waals surface area contributed by atoms with Crippen LogP contribution in [0.15, 0.2) is 0 Å². The molecule has 16 heteroatoms. The summed E-state index contributed by atoms with van der Waals surface area (Å²) in [6, 6.07) is 0. The lowest BCUT2D eigenvalue weighted by atomic mass is 10.1. The number of nitrogens with one attached hydrogen (secondary N) is 1. The van der Waals surface area contributed by atoms with Crippen LogP contribution in [0.2, 0.25) is 0 Å². The Morgan fingerprint density at radius 2 is 1.00 bits per heavy atom. The molecule has 1 heterocycles. The number of hydroxylamine groups is 2. The summed E-state index contributed by atoms with van der Waals surface area (Å²) in [4.78, 5) is 51.1. The molecule has 1 unspecified atom stereocenters. The highest BCUT2D eigenvalue weighted by atomic mass is 16.7. The van der Waals surface area contributed by atoms with E-state index in [4.69, 9.17) is 47.5 Å². The number of fused-ring (bicyclic) bond motifs is 1. The van der Waals surface area contributed by atoms with Crippen molar-refractivity contribution in [1.82, 2.24) is 10.4 Å². The third-order valence-corrected chi connectivity index (χ3v) is 8.02. The van der Waals surface area contributed by atoms with Gasteiger partial charge in [0.2, 0.25) is 0 Å². The Morgan fingerprint density at radius 3 is 1.44 bits per heavy atom. The fourth-order valence-corrected chi connectivity index (χ4v) is 5.33. The molecule has 0 radical (unpaired) electrons. The van der Waals surface area contributed by atoms with Crippen LogP contribution in [0, 0.1) is 29.6 Å². The zero-order valence-electron chi connectivity index (χ0n) is 29.1. The predicted octanol–water partition coefficient (Wildman–Crippen LogP) is 1.28. The van der Waals surface area contributed by atoms with Crippen molar-refractivity contribution in [3.8, 4) is 11.8 Å². The molecule has 2 fully saturated rings. The van der Waals surface area contributed by atoms with Crippen molar-refractivity contribution in [2.45, 2.75) is 44.9 Å². The average Bonchev–Trinajstić information content (AvgIpc) is 3.65. The second kappa shape index (κ2) is 26.9. The topological polar surface area (TPSA) is 176 Å². The molecule has 3 rings (SSSR count). The van der Waals surface area contributed by atoms with E-state index in [1.807, 2.05) is 0 Å². The highest BCUT2D eigenvalue weighted by molar-refractivity contribution is 6.01. The van der Waals surface area contributed by atoms with Gasteiger partial charge < -0.3 is 52.8 Å². The van der Waals surface area contributed by atoms with Gasteiger partial charge in [-0.25, -0.2) is 9.59 Å². The van der Waals surface area contributed by atoms with Gasteiger partial charge in [0.1, 0.15) is 0 Å². The maximum absolute atomic E-state index is 11.9. The summed E-state index contributed by atoms with van der Waals surface area (Å²) in [6.07, 6.45) is 3.79. The Labute approximate surface area is 294 Å². The number of carbonyl (C=O) groups is 4. The first kappa shape index (κ1) is 41.5. The van der Waals surface area contributed by atoms with Gasteiger partial charge in [0, 0.05) is 32.2 Å². The Bertz CT molecular complexity index is 1020. The van der Waals surface area contributed by atoms with Gasteiger partial charge in [-0.2, -0.15) is 0 Å². The quantitative estimate of drug-likeness (QED) is 0.0640. The fourth-order valence-electron chi connectivity index (χ4n) is 5.33. The van der Waals surface area contributed by atoms with Gasteiger partial charge in [0.15, 0.2) is 0 Å². The van der Waals surface area contributed by atoms with Gasteiger partial charge in [-0.3, -0.25) is 9.59 Å². The lowest BCUT2D eigenvalue weighted by Crippen LogP contribution is -2.32. The molecule has 3 aliphatic rings. The van der Waals surface area contributed by atoms with Crippen molar-refractivity contribution < 1.29 is 66.6 Å². The largest absolute Gasteiger partial charge is 0.449 e. The molecule has 1 N–H and O–H groups in total. The van der Waals surface area contributed by atoms with Crippen LogP contribution in [0.5, 0.6) is 0 Å². The summed E-state index contributed by atoms with van der Waals surface area (Å²) in [5, 5.41) is 3.24. The minimum atomic E-state index is -0.701. The van der Waals surface area contributed by atoms with Crippen molar-refractivity contribution in [1.29, 1.82) is 0 Å². The predicted molar refractivity (Wildman–Crippen MR) is 174 cm³/mol. The first-order valence-electron chi connectivity index (χ1n) is 17.6. The molecule has 0 spiro atoms. The third-order valence-electron chi connectivity index (χ3n) is 8.02.